The quantitative estimate of drug-likeness (QED) is 0.341. The molecule has 0 aliphatic rings. The maximum Gasteiger partial charge on any atom is 0.294 e. The zero-order valence-corrected chi connectivity index (χ0v) is 21.3. The van der Waals surface area contributed by atoms with E-state index in [0.29, 0.717) is 5.69 Å². The predicted molar refractivity (Wildman–Crippen MR) is 146 cm³/mol. The van der Waals surface area contributed by atoms with E-state index in [2.05, 4.69) is 20.6 Å². The molecule has 192 valence electrons. The molecule has 0 aliphatic heterocycles. The summed E-state index contributed by atoms with van der Waals surface area (Å²) in [5, 5.41) is 6.31. The number of aryl methyl sites for hydroxylation is 1. The fourth-order valence-electron chi connectivity index (χ4n) is 4.38. The van der Waals surface area contributed by atoms with Gasteiger partial charge in [-0.15, -0.1) is 0 Å². The Labute approximate surface area is 218 Å². The van der Waals surface area contributed by atoms with E-state index in [1.807, 2.05) is 54.1 Å². The molecule has 1 atom stereocenters. The molecule has 3 aromatic heterocycles. The van der Waals surface area contributed by atoms with Gasteiger partial charge in [-0.1, -0.05) is 30.3 Å². The summed E-state index contributed by atoms with van der Waals surface area (Å²) >= 11 is 0. The molecule has 3 heterocycles. The maximum absolute atomic E-state index is 13.8. The molecule has 1 unspecified atom stereocenters. The van der Waals surface area contributed by atoms with Crippen LogP contribution in [0.3, 0.4) is 0 Å². The molecule has 0 aliphatic carbocycles. The Morgan fingerprint density at radius 2 is 1.87 bits per heavy atom. The predicted octanol–water partition coefficient (Wildman–Crippen LogP) is 4.29. The van der Waals surface area contributed by atoms with Crippen molar-refractivity contribution in [3.05, 3.63) is 107 Å². The number of pyridine rings is 1. The summed E-state index contributed by atoms with van der Waals surface area (Å²) < 4.78 is 17.4. The number of likely N-dealkylation sites (N-methyl/N-ethyl adjacent to an activating group) is 1. The zero-order valence-electron chi connectivity index (χ0n) is 21.3. The first kappa shape index (κ1) is 25.0. The van der Waals surface area contributed by atoms with Gasteiger partial charge in [0.25, 0.3) is 5.56 Å². The van der Waals surface area contributed by atoms with Crippen molar-refractivity contribution in [2.45, 2.75) is 26.4 Å². The number of hydrogen-bond acceptors (Lipinski definition) is 5. The highest BCUT2D eigenvalue weighted by molar-refractivity contribution is 5.93. The average molecular weight is 511 g/mol. The molecule has 2 aromatic carbocycles. The molecular formula is C29H27FN6O2. The van der Waals surface area contributed by atoms with Gasteiger partial charge in [0, 0.05) is 17.8 Å². The van der Waals surface area contributed by atoms with Crippen molar-refractivity contribution in [1.82, 2.24) is 24.4 Å². The highest BCUT2D eigenvalue weighted by Crippen LogP contribution is 2.26. The van der Waals surface area contributed by atoms with Crippen molar-refractivity contribution in [3.63, 3.8) is 0 Å². The Morgan fingerprint density at radius 1 is 1.08 bits per heavy atom. The van der Waals surface area contributed by atoms with Crippen LogP contribution in [0.25, 0.3) is 27.8 Å². The lowest BCUT2D eigenvalue weighted by molar-refractivity contribution is -0.117. The number of carbonyl (C=O) groups is 1. The van der Waals surface area contributed by atoms with Gasteiger partial charge in [-0.25, -0.2) is 9.37 Å². The van der Waals surface area contributed by atoms with Gasteiger partial charge in [0.1, 0.15) is 5.82 Å². The Morgan fingerprint density at radius 3 is 2.63 bits per heavy atom. The lowest BCUT2D eigenvalue weighted by atomic mass is 10.1. The third kappa shape index (κ3) is 4.83. The van der Waals surface area contributed by atoms with Gasteiger partial charge < -0.3 is 15.2 Å². The molecule has 9 heteroatoms. The van der Waals surface area contributed by atoms with Crippen LogP contribution in [0, 0.1) is 12.7 Å². The number of aromatic nitrogens is 4. The first-order valence-electron chi connectivity index (χ1n) is 12.2. The molecule has 5 aromatic rings. The van der Waals surface area contributed by atoms with Crippen molar-refractivity contribution in [3.8, 4) is 16.9 Å². The number of anilines is 1. The average Bonchev–Trinajstić information content (AvgIpc) is 3.26. The molecule has 0 spiro atoms. The van der Waals surface area contributed by atoms with Gasteiger partial charge in [0.2, 0.25) is 5.91 Å². The van der Waals surface area contributed by atoms with Crippen molar-refractivity contribution in [2.75, 3.05) is 12.4 Å². The first-order chi connectivity index (χ1) is 18.4. The van der Waals surface area contributed by atoms with Crippen molar-refractivity contribution in [1.29, 1.82) is 0 Å². The number of hydrogen-bond donors (Lipinski definition) is 2. The van der Waals surface area contributed by atoms with Crippen LogP contribution in [0.1, 0.15) is 18.1 Å². The maximum atomic E-state index is 13.8. The SMILES string of the molecule is CNC(C)C(=O)Nc1ncc(-c2ccccc2)n(Cc2cncc(-n3cc(C)c4cc(F)ccc43)c2)c1=O. The van der Waals surface area contributed by atoms with E-state index in [-0.39, 0.29) is 24.1 Å². The lowest BCUT2D eigenvalue weighted by Crippen LogP contribution is -2.38. The number of fused-ring (bicyclic) bond motifs is 1. The van der Waals surface area contributed by atoms with E-state index in [1.54, 1.807) is 43.2 Å². The molecule has 2 N–H and O–H groups in total. The molecule has 0 saturated heterocycles. The monoisotopic (exact) mass is 510 g/mol. The number of rotatable bonds is 7. The van der Waals surface area contributed by atoms with Crippen molar-refractivity contribution in [2.24, 2.45) is 0 Å². The second-order valence-electron chi connectivity index (χ2n) is 9.14. The van der Waals surface area contributed by atoms with E-state index in [1.165, 1.54) is 12.1 Å². The van der Waals surface area contributed by atoms with Crippen LogP contribution in [-0.4, -0.2) is 38.1 Å². The van der Waals surface area contributed by atoms with E-state index in [0.717, 1.165) is 33.3 Å². The summed E-state index contributed by atoms with van der Waals surface area (Å²) in [6.45, 7) is 3.83. The summed E-state index contributed by atoms with van der Waals surface area (Å²) in [6.07, 6.45) is 6.95. The standard InChI is InChI=1S/C29H27FN6O2/c1-18-16-35(25-10-9-22(30)12-24(18)25)23-11-20(13-32-14-23)17-36-26(21-7-5-4-6-8-21)15-33-27(29(36)38)34-28(37)19(2)31-3/h4-16,19,31H,17H2,1-3H3,(H,33,34,37). The molecule has 0 saturated carbocycles. The molecule has 8 nitrogen and oxygen atoms in total. The van der Waals surface area contributed by atoms with Gasteiger partial charge in [-0.3, -0.25) is 19.1 Å². The summed E-state index contributed by atoms with van der Waals surface area (Å²) in [7, 11) is 1.67. The van der Waals surface area contributed by atoms with Crippen molar-refractivity contribution < 1.29 is 9.18 Å². The van der Waals surface area contributed by atoms with E-state index in [9.17, 15) is 14.0 Å². The van der Waals surface area contributed by atoms with Crippen molar-refractivity contribution >= 4 is 22.6 Å². The molecule has 0 fully saturated rings. The molecule has 38 heavy (non-hydrogen) atoms. The number of halogens is 1. The van der Waals surface area contributed by atoms with Crippen LogP contribution in [0.15, 0.2) is 84.2 Å². The zero-order chi connectivity index (χ0) is 26.8. The summed E-state index contributed by atoms with van der Waals surface area (Å²) in [5.74, 6) is -0.691. The normalized spacial score (nSPS) is 12.0. The fraction of sp³-hybridized carbons (Fsp3) is 0.172. The van der Waals surface area contributed by atoms with Gasteiger partial charge >= 0.3 is 0 Å². The number of benzene rings is 2. The van der Waals surface area contributed by atoms with Gasteiger partial charge in [-0.2, -0.15) is 0 Å². The summed E-state index contributed by atoms with van der Waals surface area (Å²) in [5.41, 5.74) is 4.36. The van der Waals surface area contributed by atoms with Gasteiger partial charge in [-0.05, 0) is 61.9 Å². The lowest BCUT2D eigenvalue weighted by Gasteiger charge is -2.16. The third-order valence-corrected chi connectivity index (χ3v) is 6.56. The summed E-state index contributed by atoms with van der Waals surface area (Å²) in [4.78, 5) is 34.7. The van der Waals surface area contributed by atoms with Crippen LogP contribution in [-0.2, 0) is 11.3 Å². The highest BCUT2D eigenvalue weighted by atomic mass is 19.1. The van der Waals surface area contributed by atoms with Crippen LogP contribution < -0.4 is 16.2 Å². The third-order valence-electron chi connectivity index (χ3n) is 6.56. The topological polar surface area (TPSA) is 93.8 Å². The number of nitrogens with zero attached hydrogens (tertiary/aromatic N) is 4. The molecular weight excluding hydrogens is 483 g/mol. The fourth-order valence-corrected chi connectivity index (χ4v) is 4.38. The van der Waals surface area contributed by atoms with Gasteiger partial charge in [0.15, 0.2) is 5.82 Å². The van der Waals surface area contributed by atoms with Crippen LogP contribution in [0.5, 0.6) is 0 Å². The second kappa shape index (κ2) is 10.4. The minimum absolute atomic E-state index is 0.0463. The Balaban J connectivity index is 1.57. The Hall–Kier alpha value is -4.63. The highest BCUT2D eigenvalue weighted by Gasteiger charge is 2.18. The largest absolute Gasteiger partial charge is 0.315 e. The number of nitrogens with one attached hydrogen (secondary N) is 2. The van der Waals surface area contributed by atoms with Crippen LogP contribution in [0.2, 0.25) is 0 Å². The van der Waals surface area contributed by atoms with E-state index >= 15 is 0 Å². The molecule has 0 bridgehead atoms. The first-order valence-corrected chi connectivity index (χ1v) is 12.2. The van der Waals surface area contributed by atoms with E-state index < -0.39 is 11.6 Å². The minimum atomic E-state index is -0.493. The molecule has 0 radical (unpaired) electrons. The summed E-state index contributed by atoms with van der Waals surface area (Å²) in [6, 6.07) is 15.6. The number of amides is 1. The van der Waals surface area contributed by atoms with Crippen LogP contribution >= 0.6 is 0 Å². The Kier molecular flexibility index (Phi) is 6.85. The molecule has 1 amide bonds. The molecule has 5 rings (SSSR count). The number of carbonyl (C=O) groups excluding carboxylic acids is 1. The second-order valence-corrected chi connectivity index (χ2v) is 9.14. The minimum Gasteiger partial charge on any atom is -0.315 e. The Bertz CT molecular complexity index is 1690. The smallest absolute Gasteiger partial charge is 0.294 e. The van der Waals surface area contributed by atoms with E-state index in [4.69, 9.17) is 0 Å². The van der Waals surface area contributed by atoms with Crippen LogP contribution in [0.4, 0.5) is 10.2 Å². The van der Waals surface area contributed by atoms with Gasteiger partial charge in [0.05, 0.1) is 41.9 Å².